The zero-order chi connectivity index (χ0) is 13.0. The van der Waals surface area contributed by atoms with Gasteiger partial charge in [0, 0.05) is 24.5 Å². The highest BCUT2D eigenvalue weighted by Crippen LogP contribution is 2.24. The molecule has 0 atom stereocenters. The third kappa shape index (κ3) is 2.82. The average molecular weight is 262 g/mol. The van der Waals surface area contributed by atoms with Crippen molar-refractivity contribution in [2.75, 3.05) is 19.5 Å². The van der Waals surface area contributed by atoms with Crippen LogP contribution >= 0.6 is 11.3 Å². The minimum atomic E-state index is 0.927. The summed E-state index contributed by atoms with van der Waals surface area (Å²) in [6.45, 7) is 2.15. The van der Waals surface area contributed by atoms with Gasteiger partial charge >= 0.3 is 0 Å². The fraction of sp³-hybridized carbons (Fsp3) is 0.357. The summed E-state index contributed by atoms with van der Waals surface area (Å²) < 4.78 is 5.34. The van der Waals surface area contributed by atoms with Gasteiger partial charge in [0.25, 0.3) is 0 Å². The number of nitrogens with zero attached hydrogens (tertiary/aromatic N) is 1. The van der Waals surface area contributed by atoms with Crippen molar-refractivity contribution >= 4 is 16.5 Å². The topological polar surface area (TPSA) is 34.2 Å². The highest BCUT2D eigenvalue weighted by Gasteiger charge is 2.05. The molecule has 0 saturated heterocycles. The lowest BCUT2D eigenvalue weighted by Gasteiger charge is -2.08. The first-order valence-electron chi connectivity index (χ1n) is 6.05. The number of ether oxygens (including phenoxy) is 1. The molecule has 0 unspecified atom stereocenters. The van der Waals surface area contributed by atoms with E-state index in [4.69, 9.17) is 4.74 Å². The Hall–Kier alpha value is -1.55. The number of aryl methyl sites for hydroxylation is 1. The highest BCUT2D eigenvalue weighted by molar-refractivity contribution is 7.15. The van der Waals surface area contributed by atoms with Crippen LogP contribution in [0.2, 0.25) is 0 Å². The Balaban J connectivity index is 2.18. The quantitative estimate of drug-likeness (QED) is 0.897. The van der Waals surface area contributed by atoms with Crippen LogP contribution < -0.4 is 10.1 Å². The lowest BCUT2D eigenvalue weighted by Crippen LogP contribution is -1.93. The Morgan fingerprint density at radius 1 is 1.39 bits per heavy atom. The molecule has 2 rings (SSSR count). The van der Waals surface area contributed by atoms with E-state index in [2.05, 4.69) is 29.4 Å². The molecule has 1 aromatic heterocycles. The highest BCUT2D eigenvalue weighted by atomic mass is 32.1. The van der Waals surface area contributed by atoms with E-state index in [9.17, 15) is 0 Å². The largest absolute Gasteiger partial charge is 0.496 e. The maximum Gasteiger partial charge on any atom is 0.182 e. The molecule has 96 valence electrons. The van der Waals surface area contributed by atoms with Gasteiger partial charge in [-0.1, -0.05) is 19.1 Å². The normalized spacial score (nSPS) is 10.4. The third-order valence-electron chi connectivity index (χ3n) is 2.87. The van der Waals surface area contributed by atoms with Crippen molar-refractivity contribution in [2.45, 2.75) is 19.8 Å². The number of hydrogen-bond acceptors (Lipinski definition) is 4. The van der Waals surface area contributed by atoms with Crippen LogP contribution in [-0.2, 0) is 12.8 Å². The molecule has 4 heteroatoms. The Bertz CT molecular complexity index is 522. The van der Waals surface area contributed by atoms with Gasteiger partial charge in [0.15, 0.2) is 5.13 Å². The van der Waals surface area contributed by atoms with Gasteiger partial charge in [-0.15, -0.1) is 11.3 Å². The summed E-state index contributed by atoms with van der Waals surface area (Å²) in [5.74, 6) is 0.974. The van der Waals surface area contributed by atoms with E-state index in [1.54, 1.807) is 18.4 Å². The number of nitrogens with one attached hydrogen (secondary N) is 1. The van der Waals surface area contributed by atoms with E-state index in [-0.39, 0.29) is 0 Å². The van der Waals surface area contributed by atoms with Crippen molar-refractivity contribution in [1.82, 2.24) is 4.98 Å². The molecular formula is C14H18N2OS. The van der Waals surface area contributed by atoms with Gasteiger partial charge < -0.3 is 10.1 Å². The van der Waals surface area contributed by atoms with Crippen LogP contribution in [0.25, 0.3) is 0 Å². The molecule has 0 amide bonds. The minimum Gasteiger partial charge on any atom is -0.496 e. The van der Waals surface area contributed by atoms with Crippen LogP contribution in [0.15, 0.2) is 24.4 Å². The summed E-state index contributed by atoms with van der Waals surface area (Å²) >= 11 is 1.70. The molecule has 0 fully saturated rings. The fourth-order valence-corrected chi connectivity index (χ4v) is 2.72. The Morgan fingerprint density at radius 3 is 2.83 bits per heavy atom. The molecule has 2 aromatic rings. The number of anilines is 1. The standard InChI is InChI=1S/C14H18N2OS/c1-4-11-7-10(5-6-13(11)17-3)8-12-9-16-14(15-2)18-12/h5-7,9H,4,8H2,1-3H3,(H,15,16). The predicted octanol–water partition coefficient (Wildman–Crippen LogP) is 3.35. The fourth-order valence-electron chi connectivity index (χ4n) is 1.92. The molecule has 1 heterocycles. The number of thiazole rings is 1. The molecule has 0 spiro atoms. The van der Waals surface area contributed by atoms with Crippen LogP contribution in [0.3, 0.4) is 0 Å². The van der Waals surface area contributed by atoms with Gasteiger partial charge in [0.05, 0.1) is 7.11 Å². The predicted molar refractivity (Wildman–Crippen MR) is 76.8 cm³/mol. The van der Waals surface area contributed by atoms with E-state index < -0.39 is 0 Å². The number of aromatic nitrogens is 1. The van der Waals surface area contributed by atoms with Crippen LogP contribution in [-0.4, -0.2) is 19.1 Å². The maximum atomic E-state index is 5.34. The summed E-state index contributed by atoms with van der Waals surface area (Å²) in [7, 11) is 3.61. The SMILES string of the molecule is CCc1cc(Cc2cnc(NC)s2)ccc1OC. The second-order valence-corrected chi connectivity index (χ2v) is 5.17. The molecule has 18 heavy (non-hydrogen) atoms. The van der Waals surface area contributed by atoms with Crippen molar-refractivity contribution in [3.05, 3.63) is 40.4 Å². The zero-order valence-corrected chi connectivity index (χ0v) is 11.8. The summed E-state index contributed by atoms with van der Waals surface area (Å²) in [5.41, 5.74) is 2.56. The van der Waals surface area contributed by atoms with Gasteiger partial charge in [-0.25, -0.2) is 4.98 Å². The van der Waals surface area contributed by atoms with Crippen LogP contribution in [0, 0.1) is 0 Å². The summed E-state index contributed by atoms with van der Waals surface area (Å²) in [5, 5.41) is 4.03. The first kappa shape index (κ1) is 12.9. The van der Waals surface area contributed by atoms with Gasteiger partial charge in [0.1, 0.15) is 5.75 Å². The van der Waals surface area contributed by atoms with E-state index in [1.807, 2.05) is 19.3 Å². The van der Waals surface area contributed by atoms with Crippen LogP contribution in [0.5, 0.6) is 5.75 Å². The third-order valence-corrected chi connectivity index (χ3v) is 3.89. The summed E-state index contributed by atoms with van der Waals surface area (Å²) in [4.78, 5) is 5.56. The van der Waals surface area contributed by atoms with Crippen molar-refractivity contribution in [2.24, 2.45) is 0 Å². The number of benzene rings is 1. The lowest BCUT2D eigenvalue weighted by atomic mass is 10.0. The van der Waals surface area contributed by atoms with Gasteiger partial charge in [-0.05, 0) is 23.6 Å². The van der Waals surface area contributed by atoms with Crippen molar-refractivity contribution in [1.29, 1.82) is 0 Å². The van der Waals surface area contributed by atoms with Crippen LogP contribution in [0.4, 0.5) is 5.13 Å². The number of rotatable bonds is 5. The van der Waals surface area contributed by atoms with Gasteiger partial charge in [-0.2, -0.15) is 0 Å². The van der Waals surface area contributed by atoms with Gasteiger partial charge in [0.2, 0.25) is 0 Å². The van der Waals surface area contributed by atoms with Gasteiger partial charge in [-0.3, -0.25) is 0 Å². The second kappa shape index (κ2) is 5.87. The second-order valence-electron chi connectivity index (χ2n) is 4.06. The van der Waals surface area contributed by atoms with Crippen molar-refractivity contribution < 1.29 is 4.74 Å². The average Bonchev–Trinajstić information content (AvgIpc) is 2.86. The first-order chi connectivity index (χ1) is 8.76. The molecule has 3 nitrogen and oxygen atoms in total. The van der Waals surface area contributed by atoms with E-state index in [0.29, 0.717) is 0 Å². The smallest absolute Gasteiger partial charge is 0.182 e. The zero-order valence-electron chi connectivity index (χ0n) is 11.0. The van der Waals surface area contributed by atoms with Crippen molar-refractivity contribution in [3.8, 4) is 5.75 Å². The molecule has 0 aliphatic carbocycles. The number of hydrogen-bond donors (Lipinski definition) is 1. The Labute approximate surface area is 112 Å². The summed E-state index contributed by atoms with van der Waals surface area (Å²) in [6.07, 6.45) is 3.85. The molecule has 1 aromatic carbocycles. The minimum absolute atomic E-state index is 0.927. The van der Waals surface area contributed by atoms with E-state index in [0.717, 1.165) is 23.7 Å². The van der Waals surface area contributed by atoms with Crippen molar-refractivity contribution in [3.63, 3.8) is 0 Å². The Morgan fingerprint density at radius 2 is 2.22 bits per heavy atom. The molecule has 0 aliphatic heterocycles. The molecular weight excluding hydrogens is 244 g/mol. The first-order valence-corrected chi connectivity index (χ1v) is 6.86. The molecule has 1 N–H and O–H groups in total. The molecule has 0 bridgehead atoms. The monoisotopic (exact) mass is 262 g/mol. The molecule has 0 radical (unpaired) electrons. The molecule has 0 saturated carbocycles. The van der Waals surface area contributed by atoms with E-state index in [1.165, 1.54) is 16.0 Å². The Kier molecular flexibility index (Phi) is 4.20. The number of methoxy groups -OCH3 is 1. The molecule has 0 aliphatic rings. The van der Waals surface area contributed by atoms with Crippen LogP contribution in [0.1, 0.15) is 22.9 Å². The maximum absolute atomic E-state index is 5.34. The lowest BCUT2D eigenvalue weighted by molar-refractivity contribution is 0.410. The van der Waals surface area contributed by atoms with E-state index >= 15 is 0 Å². The summed E-state index contributed by atoms with van der Waals surface area (Å²) in [6, 6.07) is 6.39.